The van der Waals surface area contributed by atoms with Crippen LogP contribution in [0, 0.1) is 11.3 Å². The Morgan fingerprint density at radius 2 is 1.68 bits per heavy atom. The van der Waals surface area contributed by atoms with E-state index in [1.807, 2.05) is 30.3 Å². The van der Waals surface area contributed by atoms with E-state index in [-0.39, 0.29) is 17.4 Å². The number of nitrogens with one attached hydrogen (secondary N) is 1. The van der Waals surface area contributed by atoms with Crippen molar-refractivity contribution in [2.75, 3.05) is 11.9 Å². The van der Waals surface area contributed by atoms with Crippen LogP contribution in [0.2, 0.25) is 0 Å². The van der Waals surface area contributed by atoms with Crippen LogP contribution in [0.1, 0.15) is 38.4 Å². The Kier molecular flexibility index (Phi) is 8.53. The largest absolute Gasteiger partial charge is 0.462 e. The first-order valence-corrected chi connectivity index (χ1v) is 14.2. The SMILES string of the molecule is CCOC(=O)c1ccc(-c2ccc(/C=C(\C#N)c3nc(-c4ccccc4)c(NC(=O)c4ccc(Br)cc4)s3)o2)cc1. The van der Waals surface area contributed by atoms with Gasteiger partial charge in [0.2, 0.25) is 0 Å². The van der Waals surface area contributed by atoms with Crippen molar-refractivity contribution >= 4 is 55.8 Å². The van der Waals surface area contributed by atoms with Crippen LogP contribution in [0.5, 0.6) is 0 Å². The molecule has 9 heteroatoms. The standard InChI is InChI=1S/C32H22BrN3O4S/c1-2-39-32(38)23-10-8-20(9-11-23)27-17-16-26(40-27)18-24(19-34)30-35-28(21-6-4-3-5-7-21)31(41-30)36-29(37)22-12-14-25(33)15-13-22/h3-18H,2H2,1H3,(H,36,37)/b24-18+. The molecular weight excluding hydrogens is 602 g/mol. The fourth-order valence-electron chi connectivity index (χ4n) is 3.94. The summed E-state index contributed by atoms with van der Waals surface area (Å²) in [4.78, 5) is 29.7. The minimum Gasteiger partial charge on any atom is -0.462 e. The Morgan fingerprint density at radius 1 is 0.976 bits per heavy atom. The van der Waals surface area contributed by atoms with Crippen LogP contribution < -0.4 is 5.32 Å². The molecule has 0 aliphatic carbocycles. The van der Waals surface area contributed by atoms with Crippen LogP contribution in [-0.2, 0) is 4.74 Å². The van der Waals surface area contributed by atoms with Crippen LogP contribution in [0.25, 0.3) is 34.2 Å². The normalized spacial score (nSPS) is 11.1. The smallest absolute Gasteiger partial charge is 0.338 e. The lowest BCUT2D eigenvalue weighted by Gasteiger charge is -2.05. The molecule has 0 saturated heterocycles. The number of allylic oxidation sites excluding steroid dienone is 1. The van der Waals surface area contributed by atoms with Gasteiger partial charge < -0.3 is 14.5 Å². The molecule has 0 aliphatic heterocycles. The van der Waals surface area contributed by atoms with Gasteiger partial charge in [0, 0.05) is 27.2 Å². The molecule has 7 nitrogen and oxygen atoms in total. The molecule has 0 aliphatic rings. The van der Waals surface area contributed by atoms with E-state index in [4.69, 9.17) is 14.1 Å². The molecule has 0 radical (unpaired) electrons. The summed E-state index contributed by atoms with van der Waals surface area (Å²) in [6.07, 6.45) is 1.62. The van der Waals surface area contributed by atoms with E-state index in [2.05, 4.69) is 27.3 Å². The second-order valence-corrected chi connectivity index (χ2v) is 10.6. The molecule has 1 N–H and O–H groups in total. The molecule has 5 aromatic rings. The number of aromatic nitrogens is 1. The third-order valence-electron chi connectivity index (χ3n) is 5.95. The maximum absolute atomic E-state index is 13.0. The highest BCUT2D eigenvalue weighted by molar-refractivity contribution is 9.10. The quantitative estimate of drug-likeness (QED) is 0.138. The number of benzene rings is 3. The summed E-state index contributed by atoms with van der Waals surface area (Å²) in [6, 6.07) is 29.2. The van der Waals surface area contributed by atoms with E-state index >= 15 is 0 Å². The van der Waals surface area contributed by atoms with E-state index < -0.39 is 0 Å². The molecule has 0 unspecified atom stereocenters. The molecule has 1 amide bonds. The average molecular weight is 625 g/mol. The number of amides is 1. The first-order valence-electron chi connectivity index (χ1n) is 12.6. The zero-order chi connectivity index (χ0) is 28.8. The molecular formula is C32H22BrN3O4S. The maximum Gasteiger partial charge on any atom is 0.338 e. The zero-order valence-electron chi connectivity index (χ0n) is 21.8. The van der Waals surface area contributed by atoms with Gasteiger partial charge in [-0.3, -0.25) is 4.79 Å². The number of furan rings is 1. The van der Waals surface area contributed by atoms with Crippen molar-refractivity contribution in [1.29, 1.82) is 5.26 Å². The van der Waals surface area contributed by atoms with E-state index in [9.17, 15) is 14.9 Å². The first kappa shape index (κ1) is 27.8. The molecule has 0 spiro atoms. The van der Waals surface area contributed by atoms with Gasteiger partial charge in [0.25, 0.3) is 5.91 Å². The first-order chi connectivity index (χ1) is 19.9. The Balaban J connectivity index is 1.44. The number of thiazole rings is 1. The molecule has 202 valence electrons. The summed E-state index contributed by atoms with van der Waals surface area (Å²) < 4.78 is 11.9. The van der Waals surface area contributed by atoms with Gasteiger partial charge in [0.05, 0.1) is 17.7 Å². The number of rotatable bonds is 8. The van der Waals surface area contributed by atoms with Crippen molar-refractivity contribution in [2.24, 2.45) is 0 Å². The molecule has 0 fully saturated rings. The van der Waals surface area contributed by atoms with Gasteiger partial charge in [0.1, 0.15) is 33.3 Å². The summed E-state index contributed by atoms with van der Waals surface area (Å²) in [5.74, 6) is 0.377. The lowest BCUT2D eigenvalue weighted by Crippen LogP contribution is -2.11. The van der Waals surface area contributed by atoms with Crippen molar-refractivity contribution in [3.63, 3.8) is 0 Å². The Labute approximate surface area is 248 Å². The van der Waals surface area contributed by atoms with E-state index in [1.165, 1.54) is 11.3 Å². The van der Waals surface area contributed by atoms with Gasteiger partial charge in [-0.2, -0.15) is 5.26 Å². The van der Waals surface area contributed by atoms with Crippen LogP contribution in [0.3, 0.4) is 0 Å². The fraction of sp³-hybridized carbons (Fsp3) is 0.0625. The predicted molar refractivity (Wildman–Crippen MR) is 163 cm³/mol. The summed E-state index contributed by atoms with van der Waals surface area (Å²) in [5, 5.41) is 14.0. The molecule has 5 rings (SSSR count). The van der Waals surface area contributed by atoms with Crippen LogP contribution in [0.4, 0.5) is 5.00 Å². The Bertz CT molecular complexity index is 1770. The minimum absolute atomic E-state index is 0.281. The predicted octanol–water partition coefficient (Wildman–Crippen LogP) is 8.33. The van der Waals surface area contributed by atoms with Crippen molar-refractivity contribution in [3.8, 4) is 28.7 Å². The van der Waals surface area contributed by atoms with E-state index in [1.54, 1.807) is 73.7 Å². The highest BCUT2D eigenvalue weighted by Crippen LogP contribution is 2.37. The Hall–Kier alpha value is -4.78. The number of hydrogen-bond acceptors (Lipinski definition) is 7. The summed E-state index contributed by atoms with van der Waals surface area (Å²) >= 11 is 4.60. The number of anilines is 1. The second-order valence-electron chi connectivity index (χ2n) is 8.69. The lowest BCUT2D eigenvalue weighted by molar-refractivity contribution is 0.0526. The van der Waals surface area contributed by atoms with Gasteiger partial charge >= 0.3 is 5.97 Å². The number of nitrogens with zero attached hydrogens (tertiary/aromatic N) is 2. The highest BCUT2D eigenvalue weighted by atomic mass is 79.9. The number of hydrogen-bond donors (Lipinski definition) is 1. The van der Waals surface area contributed by atoms with Crippen LogP contribution in [-0.4, -0.2) is 23.5 Å². The highest BCUT2D eigenvalue weighted by Gasteiger charge is 2.19. The van der Waals surface area contributed by atoms with Crippen molar-refractivity contribution in [1.82, 2.24) is 4.98 Å². The zero-order valence-corrected chi connectivity index (χ0v) is 24.2. The molecule has 0 atom stereocenters. The van der Waals surface area contributed by atoms with Crippen LogP contribution >= 0.6 is 27.3 Å². The topological polar surface area (TPSA) is 105 Å². The molecule has 2 heterocycles. The number of esters is 1. The number of ether oxygens (including phenoxy) is 1. The van der Waals surface area contributed by atoms with E-state index in [0.29, 0.717) is 45.0 Å². The van der Waals surface area contributed by atoms with Crippen molar-refractivity contribution in [2.45, 2.75) is 6.92 Å². The van der Waals surface area contributed by atoms with Crippen molar-refractivity contribution < 1.29 is 18.7 Å². The minimum atomic E-state index is -0.383. The third-order valence-corrected chi connectivity index (χ3v) is 7.49. The monoisotopic (exact) mass is 623 g/mol. The summed E-state index contributed by atoms with van der Waals surface area (Å²) in [6.45, 7) is 2.06. The number of carbonyl (C=O) groups is 2. The molecule has 0 bridgehead atoms. The number of halogens is 1. The number of nitriles is 1. The summed E-state index contributed by atoms with van der Waals surface area (Å²) in [7, 11) is 0. The van der Waals surface area contributed by atoms with Crippen LogP contribution in [0.15, 0.2) is 99.9 Å². The average Bonchev–Trinajstić information content (AvgIpc) is 3.64. The molecule has 3 aromatic carbocycles. The fourth-order valence-corrected chi connectivity index (χ4v) is 5.16. The maximum atomic E-state index is 13.0. The van der Waals surface area contributed by atoms with Gasteiger partial charge in [-0.05, 0) is 55.5 Å². The third kappa shape index (κ3) is 6.52. The van der Waals surface area contributed by atoms with Gasteiger partial charge in [-0.25, -0.2) is 9.78 Å². The van der Waals surface area contributed by atoms with E-state index in [0.717, 1.165) is 15.6 Å². The Morgan fingerprint density at radius 3 is 2.37 bits per heavy atom. The molecule has 2 aromatic heterocycles. The number of carbonyl (C=O) groups excluding carboxylic acids is 2. The molecule has 41 heavy (non-hydrogen) atoms. The lowest BCUT2D eigenvalue weighted by atomic mass is 10.1. The van der Waals surface area contributed by atoms with Gasteiger partial charge in [-0.1, -0.05) is 69.7 Å². The second kappa shape index (κ2) is 12.6. The van der Waals surface area contributed by atoms with Gasteiger partial charge in [0.15, 0.2) is 0 Å². The van der Waals surface area contributed by atoms with Gasteiger partial charge in [-0.15, -0.1) is 0 Å². The molecule has 0 saturated carbocycles. The van der Waals surface area contributed by atoms with Crippen molar-refractivity contribution in [3.05, 3.63) is 117 Å². The summed E-state index contributed by atoms with van der Waals surface area (Å²) in [5.41, 5.74) is 3.39.